The SMILES string of the molecule is CC(C)(C)C(OC(N)=O)C(=O)OC(N)=O. The summed E-state index contributed by atoms with van der Waals surface area (Å²) in [5, 5.41) is 0. The zero-order valence-corrected chi connectivity index (χ0v) is 8.77. The molecule has 4 N–H and O–H groups in total. The van der Waals surface area contributed by atoms with Gasteiger partial charge >= 0.3 is 18.2 Å². The van der Waals surface area contributed by atoms with Crippen molar-refractivity contribution >= 4 is 18.2 Å². The Morgan fingerprint density at radius 1 is 1.07 bits per heavy atom. The molecule has 0 aliphatic rings. The molecule has 86 valence electrons. The minimum absolute atomic E-state index is 0.748. The number of nitrogens with two attached hydrogens (primary N) is 2. The largest absolute Gasteiger partial charge is 0.434 e. The first-order chi connectivity index (χ1) is 6.64. The summed E-state index contributed by atoms with van der Waals surface area (Å²) < 4.78 is 8.64. The monoisotopic (exact) mass is 218 g/mol. The van der Waals surface area contributed by atoms with Gasteiger partial charge < -0.3 is 20.9 Å². The van der Waals surface area contributed by atoms with E-state index in [1.807, 2.05) is 0 Å². The number of rotatable bonds is 2. The minimum Gasteiger partial charge on any atom is -0.434 e. The van der Waals surface area contributed by atoms with E-state index in [0.717, 1.165) is 0 Å². The normalized spacial score (nSPS) is 12.7. The molecule has 0 rings (SSSR count). The lowest BCUT2D eigenvalue weighted by molar-refractivity contribution is -0.152. The lowest BCUT2D eigenvalue weighted by atomic mass is 9.89. The number of ether oxygens (including phenoxy) is 2. The highest BCUT2D eigenvalue weighted by Gasteiger charge is 2.36. The van der Waals surface area contributed by atoms with Crippen LogP contribution in [-0.4, -0.2) is 24.3 Å². The molecule has 7 heteroatoms. The second kappa shape index (κ2) is 4.63. The number of esters is 1. The molecule has 0 aromatic carbocycles. The first kappa shape index (κ1) is 13.2. The van der Waals surface area contributed by atoms with Gasteiger partial charge in [-0.15, -0.1) is 0 Å². The first-order valence-electron chi connectivity index (χ1n) is 4.12. The fourth-order valence-electron chi connectivity index (χ4n) is 0.847. The van der Waals surface area contributed by atoms with Crippen molar-refractivity contribution in [2.75, 3.05) is 0 Å². The zero-order chi connectivity index (χ0) is 12.2. The van der Waals surface area contributed by atoms with Gasteiger partial charge in [-0.1, -0.05) is 20.8 Å². The molecule has 15 heavy (non-hydrogen) atoms. The van der Waals surface area contributed by atoms with E-state index >= 15 is 0 Å². The summed E-state index contributed by atoms with van der Waals surface area (Å²) in [6.07, 6.45) is -3.67. The number of carbonyl (C=O) groups is 3. The number of hydrogen-bond acceptors (Lipinski definition) is 5. The van der Waals surface area contributed by atoms with E-state index in [1.54, 1.807) is 20.8 Å². The smallest absolute Gasteiger partial charge is 0.412 e. The van der Waals surface area contributed by atoms with E-state index in [0.29, 0.717) is 0 Å². The summed E-state index contributed by atoms with van der Waals surface area (Å²) in [4.78, 5) is 32.1. The van der Waals surface area contributed by atoms with Gasteiger partial charge in [0, 0.05) is 5.41 Å². The van der Waals surface area contributed by atoms with E-state index in [1.165, 1.54) is 0 Å². The number of primary amides is 2. The van der Waals surface area contributed by atoms with Gasteiger partial charge in [0.15, 0.2) is 0 Å². The van der Waals surface area contributed by atoms with Crippen molar-refractivity contribution in [2.24, 2.45) is 16.9 Å². The average Bonchev–Trinajstić information content (AvgIpc) is 1.95. The molecule has 0 fully saturated rings. The highest BCUT2D eigenvalue weighted by molar-refractivity contribution is 5.88. The zero-order valence-electron chi connectivity index (χ0n) is 8.77. The number of hydrogen-bond donors (Lipinski definition) is 2. The number of carbonyl (C=O) groups excluding carboxylic acids is 3. The highest BCUT2D eigenvalue weighted by atomic mass is 16.6. The Hall–Kier alpha value is -1.79. The van der Waals surface area contributed by atoms with Crippen LogP contribution in [0.15, 0.2) is 0 Å². The van der Waals surface area contributed by atoms with Crippen LogP contribution in [0.25, 0.3) is 0 Å². The lowest BCUT2D eigenvalue weighted by Crippen LogP contribution is -2.42. The summed E-state index contributed by atoms with van der Waals surface area (Å²) in [6.45, 7) is 4.84. The third-order valence-electron chi connectivity index (χ3n) is 1.44. The van der Waals surface area contributed by atoms with E-state index in [9.17, 15) is 14.4 Å². The van der Waals surface area contributed by atoms with Crippen LogP contribution in [0, 0.1) is 5.41 Å². The summed E-state index contributed by atoms with van der Waals surface area (Å²) >= 11 is 0. The predicted octanol–water partition coefficient (Wildman–Crippen LogP) is 0.118. The van der Waals surface area contributed by atoms with Crippen LogP contribution >= 0.6 is 0 Å². The van der Waals surface area contributed by atoms with Crippen molar-refractivity contribution in [1.29, 1.82) is 0 Å². The molecule has 0 heterocycles. The summed E-state index contributed by atoms with van der Waals surface area (Å²) in [6, 6.07) is 0. The Kier molecular flexibility index (Phi) is 4.07. The second-order valence-corrected chi connectivity index (χ2v) is 3.92. The van der Waals surface area contributed by atoms with Crippen molar-refractivity contribution in [2.45, 2.75) is 26.9 Å². The molecule has 0 aliphatic carbocycles. The first-order valence-corrected chi connectivity index (χ1v) is 4.12. The van der Waals surface area contributed by atoms with Crippen molar-refractivity contribution in [3.63, 3.8) is 0 Å². The maximum Gasteiger partial charge on any atom is 0.412 e. The molecular weight excluding hydrogens is 204 g/mol. The van der Waals surface area contributed by atoms with Crippen LogP contribution in [0.4, 0.5) is 9.59 Å². The maximum atomic E-state index is 11.3. The van der Waals surface area contributed by atoms with Gasteiger partial charge in [-0.2, -0.15) is 0 Å². The average molecular weight is 218 g/mol. The summed E-state index contributed by atoms with van der Waals surface area (Å²) in [5.74, 6) is -1.05. The van der Waals surface area contributed by atoms with Crippen LogP contribution in [-0.2, 0) is 14.3 Å². The van der Waals surface area contributed by atoms with E-state index in [2.05, 4.69) is 15.2 Å². The molecule has 0 saturated heterocycles. The van der Waals surface area contributed by atoms with E-state index in [4.69, 9.17) is 5.73 Å². The van der Waals surface area contributed by atoms with Crippen molar-refractivity contribution in [3.05, 3.63) is 0 Å². The van der Waals surface area contributed by atoms with Gasteiger partial charge in [0.1, 0.15) is 0 Å². The van der Waals surface area contributed by atoms with Gasteiger partial charge in [0.25, 0.3) is 0 Å². The molecule has 0 radical (unpaired) electrons. The van der Waals surface area contributed by atoms with E-state index < -0.39 is 29.7 Å². The highest BCUT2D eigenvalue weighted by Crippen LogP contribution is 2.23. The van der Waals surface area contributed by atoms with Gasteiger partial charge in [-0.3, -0.25) is 0 Å². The quantitative estimate of drug-likeness (QED) is 0.503. The molecule has 7 nitrogen and oxygen atoms in total. The fraction of sp³-hybridized carbons (Fsp3) is 0.625. The summed E-state index contributed by atoms with van der Waals surface area (Å²) in [7, 11) is 0. The van der Waals surface area contributed by atoms with Crippen LogP contribution in [0.5, 0.6) is 0 Å². The van der Waals surface area contributed by atoms with Crippen molar-refractivity contribution < 1.29 is 23.9 Å². The molecule has 0 saturated carbocycles. The standard InChI is InChI=1S/C8H14N2O5/c1-8(2,3)4(14-6(9)12)5(11)15-7(10)13/h4H,1-3H3,(H2,9,12)(H2,10,13). The number of amides is 2. The molecule has 0 bridgehead atoms. The Labute approximate surface area is 86.7 Å². The lowest BCUT2D eigenvalue weighted by Gasteiger charge is -2.26. The van der Waals surface area contributed by atoms with Gasteiger partial charge in [0.2, 0.25) is 6.10 Å². The van der Waals surface area contributed by atoms with Gasteiger partial charge in [-0.25, -0.2) is 14.4 Å². The Balaban J connectivity index is 4.71. The maximum absolute atomic E-state index is 11.3. The molecule has 2 amide bonds. The predicted molar refractivity (Wildman–Crippen MR) is 49.6 cm³/mol. The minimum atomic E-state index is -1.28. The van der Waals surface area contributed by atoms with Crippen LogP contribution in [0.2, 0.25) is 0 Å². The van der Waals surface area contributed by atoms with Crippen molar-refractivity contribution in [1.82, 2.24) is 0 Å². The molecule has 0 aromatic rings. The van der Waals surface area contributed by atoms with Crippen LogP contribution < -0.4 is 11.5 Å². The third-order valence-corrected chi connectivity index (χ3v) is 1.44. The van der Waals surface area contributed by atoms with Crippen LogP contribution in [0.3, 0.4) is 0 Å². The van der Waals surface area contributed by atoms with Crippen LogP contribution in [0.1, 0.15) is 20.8 Å². The third kappa shape index (κ3) is 4.84. The van der Waals surface area contributed by atoms with E-state index in [-0.39, 0.29) is 0 Å². The fourth-order valence-corrected chi connectivity index (χ4v) is 0.847. The molecule has 0 aliphatic heterocycles. The Morgan fingerprint density at radius 3 is 1.80 bits per heavy atom. The Bertz CT molecular complexity index is 281. The summed E-state index contributed by atoms with van der Waals surface area (Å²) in [5.41, 5.74) is 8.68. The second-order valence-electron chi connectivity index (χ2n) is 3.92. The molecule has 0 spiro atoms. The Morgan fingerprint density at radius 2 is 1.53 bits per heavy atom. The molecule has 1 unspecified atom stereocenters. The molecule has 1 atom stereocenters. The molecule has 0 aromatic heterocycles. The van der Waals surface area contributed by atoms with Gasteiger partial charge in [-0.05, 0) is 0 Å². The topological polar surface area (TPSA) is 122 Å². The van der Waals surface area contributed by atoms with Gasteiger partial charge in [0.05, 0.1) is 0 Å². The van der Waals surface area contributed by atoms with Crippen molar-refractivity contribution in [3.8, 4) is 0 Å². The molecular formula is C8H14N2O5.